The van der Waals surface area contributed by atoms with Crippen LogP contribution in [-0.4, -0.2) is 39.9 Å². The molecule has 1 fully saturated rings. The molecule has 1 unspecified atom stereocenters. The average molecular weight is 426 g/mol. The molecule has 1 saturated heterocycles. The summed E-state index contributed by atoms with van der Waals surface area (Å²) in [5, 5.41) is 7.37. The molecule has 5 nitrogen and oxygen atoms in total. The van der Waals surface area contributed by atoms with E-state index < -0.39 is 0 Å². The number of benzene rings is 1. The number of aromatic nitrogens is 2. The Bertz CT molecular complexity index is 1040. The van der Waals surface area contributed by atoms with E-state index >= 15 is 0 Å². The van der Waals surface area contributed by atoms with E-state index in [9.17, 15) is 4.79 Å². The summed E-state index contributed by atoms with van der Waals surface area (Å²) >= 11 is 1.56. The maximum Gasteiger partial charge on any atom is 0.275 e. The Morgan fingerprint density at radius 3 is 2.50 bits per heavy atom. The third-order valence-corrected chi connectivity index (χ3v) is 7.03. The third-order valence-electron chi connectivity index (χ3n) is 6.11. The first-order valence-electron chi connectivity index (χ1n) is 10.9. The van der Waals surface area contributed by atoms with Crippen LogP contribution >= 0.6 is 11.3 Å². The lowest BCUT2D eigenvalue weighted by molar-refractivity contribution is 0.191. The van der Waals surface area contributed by atoms with Gasteiger partial charge in [0.15, 0.2) is 0 Å². The maximum absolute atomic E-state index is 12.6. The molecule has 3 heterocycles. The minimum absolute atomic E-state index is 0.0178. The van der Waals surface area contributed by atoms with E-state index in [2.05, 4.69) is 23.8 Å². The SMILES string of the molecule is CC1CC[C@@H](C)N1CCCOc1ccc(-c2nn(C(C)C)c(=O)c3ccsc23)cc1. The summed E-state index contributed by atoms with van der Waals surface area (Å²) in [4.78, 5) is 15.2. The summed E-state index contributed by atoms with van der Waals surface area (Å²) in [7, 11) is 0. The maximum atomic E-state index is 12.6. The third kappa shape index (κ3) is 4.16. The average Bonchev–Trinajstić information content (AvgIpc) is 3.34. The van der Waals surface area contributed by atoms with Crippen LogP contribution < -0.4 is 10.3 Å². The first-order chi connectivity index (χ1) is 14.5. The van der Waals surface area contributed by atoms with Gasteiger partial charge in [-0.1, -0.05) is 0 Å². The Labute approximate surface area is 182 Å². The molecule has 0 radical (unpaired) electrons. The van der Waals surface area contributed by atoms with Crippen molar-refractivity contribution in [1.82, 2.24) is 14.7 Å². The molecular weight excluding hydrogens is 394 g/mol. The monoisotopic (exact) mass is 425 g/mol. The summed E-state index contributed by atoms with van der Waals surface area (Å²) in [6, 6.07) is 11.4. The highest BCUT2D eigenvalue weighted by Crippen LogP contribution is 2.30. The molecular formula is C24H31N3O2S. The molecule has 0 N–H and O–H groups in total. The van der Waals surface area contributed by atoms with Gasteiger partial charge in [0.1, 0.15) is 11.4 Å². The van der Waals surface area contributed by atoms with Crippen molar-refractivity contribution in [2.75, 3.05) is 13.2 Å². The molecule has 6 heteroatoms. The number of fused-ring (bicyclic) bond motifs is 1. The second-order valence-corrected chi connectivity index (χ2v) is 9.51. The zero-order valence-electron chi connectivity index (χ0n) is 18.3. The van der Waals surface area contributed by atoms with Gasteiger partial charge in [-0.25, -0.2) is 4.68 Å². The van der Waals surface area contributed by atoms with Gasteiger partial charge in [-0.2, -0.15) is 5.10 Å². The molecule has 160 valence electrons. The quantitative estimate of drug-likeness (QED) is 0.479. The second kappa shape index (κ2) is 8.90. The van der Waals surface area contributed by atoms with Crippen molar-refractivity contribution in [2.45, 2.75) is 65.1 Å². The normalized spacial score (nSPS) is 19.8. The lowest BCUT2D eigenvalue weighted by Crippen LogP contribution is -2.34. The minimum Gasteiger partial charge on any atom is -0.494 e. The van der Waals surface area contributed by atoms with Crippen molar-refractivity contribution in [2.24, 2.45) is 0 Å². The number of rotatable bonds is 7. The molecule has 3 aromatic rings. The number of nitrogens with zero attached hydrogens (tertiary/aromatic N) is 3. The van der Waals surface area contributed by atoms with Crippen LogP contribution in [0.2, 0.25) is 0 Å². The Hall–Kier alpha value is -2.18. The molecule has 1 aliphatic heterocycles. The van der Waals surface area contributed by atoms with Crippen LogP contribution in [0.15, 0.2) is 40.5 Å². The van der Waals surface area contributed by atoms with Gasteiger partial charge in [0.2, 0.25) is 0 Å². The fourth-order valence-electron chi connectivity index (χ4n) is 4.36. The molecule has 1 aromatic carbocycles. The van der Waals surface area contributed by atoms with Crippen LogP contribution in [0.5, 0.6) is 5.75 Å². The minimum atomic E-state index is -0.0217. The van der Waals surface area contributed by atoms with Gasteiger partial charge >= 0.3 is 0 Å². The molecule has 0 amide bonds. The Morgan fingerprint density at radius 1 is 1.13 bits per heavy atom. The van der Waals surface area contributed by atoms with Crippen molar-refractivity contribution in [1.29, 1.82) is 0 Å². The molecule has 0 saturated carbocycles. The zero-order chi connectivity index (χ0) is 21.3. The molecule has 2 aromatic heterocycles. The number of hydrogen-bond acceptors (Lipinski definition) is 5. The number of thiophene rings is 1. The summed E-state index contributed by atoms with van der Waals surface area (Å²) in [5.74, 6) is 0.876. The molecule has 30 heavy (non-hydrogen) atoms. The highest BCUT2D eigenvalue weighted by Gasteiger charge is 2.26. The number of likely N-dealkylation sites (tertiary alicyclic amines) is 1. The fourth-order valence-corrected chi connectivity index (χ4v) is 5.25. The van der Waals surface area contributed by atoms with Gasteiger partial charge in [0.05, 0.1) is 22.7 Å². The van der Waals surface area contributed by atoms with Crippen molar-refractivity contribution in [3.05, 3.63) is 46.1 Å². The topological polar surface area (TPSA) is 47.4 Å². The van der Waals surface area contributed by atoms with Crippen LogP contribution in [0, 0.1) is 0 Å². The molecule has 4 rings (SSSR count). The Balaban J connectivity index is 1.44. The first-order valence-corrected chi connectivity index (χ1v) is 11.8. The van der Waals surface area contributed by atoms with E-state index in [0.717, 1.165) is 46.7 Å². The predicted octanol–water partition coefficient (Wildman–Crippen LogP) is 5.35. The van der Waals surface area contributed by atoms with Crippen LogP contribution in [0.4, 0.5) is 0 Å². The van der Waals surface area contributed by atoms with Crippen LogP contribution in [0.1, 0.15) is 53.0 Å². The summed E-state index contributed by atoms with van der Waals surface area (Å²) < 4.78 is 8.50. The van der Waals surface area contributed by atoms with E-state index in [4.69, 9.17) is 4.74 Å². The fraction of sp³-hybridized carbons (Fsp3) is 0.500. The van der Waals surface area contributed by atoms with E-state index in [1.54, 1.807) is 16.0 Å². The van der Waals surface area contributed by atoms with E-state index in [1.807, 2.05) is 49.6 Å². The van der Waals surface area contributed by atoms with Crippen molar-refractivity contribution < 1.29 is 4.74 Å². The molecule has 0 aliphatic carbocycles. The summed E-state index contributed by atoms with van der Waals surface area (Å²) in [6.07, 6.45) is 3.64. The second-order valence-electron chi connectivity index (χ2n) is 8.60. The lowest BCUT2D eigenvalue weighted by Gasteiger charge is -2.25. The largest absolute Gasteiger partial charge is 0.494 e. The van der Waals surface area contributed by atoms with Crippen molar-refractivity contribution in [3.63, 3.8) is 0 Å². The smallest absolute Gasteiger partial charge is 0.275 e. The van der Waals surface area contributed by atoms with E-state index in [0.29, 0.717) is 12.1 Å². The van der Waals surface area contributed by atoms with Gasteiger partial charge < -0.3 is 4.74 Å². The van der Waals surface area contributed by atoms with Crippen molar-refractivity contribution >= 4 is 21.4 Å². The summed E-state index contributed by atoms with van der Waals surface area (Å²) in [6.45, 7) is 10.4. The van der Waals surface area contributed by atoms with Gasteiger partial charge in [0, 0.05) is 24.2 Å². The van der Waals surface area contributed by atoms with Gasteiger partial charge in [0.25, 0.3) is 5.56 Å². The highest BCUT2D eigenvalue weighted by atomic mass is 32.1. The molecule has 0 bridgehead atoms. The molecule has 0 spiro atoms. The van der Waals surface area contributed by atoms with Crippen LogP contribution in [0.3, 0.4) is 0 Å². The van der Waals surface area contributed by atoms with Crippen LogP contribution in [0.25, 0.3) is 21.3 Å². The summed E-state index contributed by atoms with van der Waals surface area (Å²) in [5.41, 5.74) is 1.84. The standard InChI is InChI=1S/C24H31N3O2S/c1-16(2)27-24(28)21-12-15-30-23(21)22(25-27)19-8-10-20(11-9-19)29-14-5-13-26-17(3)6-7-18(26)4/h8-12,15-18H,5-7,13-14H2,1-4H3/t17-,18?/m1/s1. The van der Waals surface area contributed by atoms with Crippen LogP contribution in [-0.2, 0) is 0 Å². The Morgan fingerprint density at radius 2 is 1.83 bits per heavy atom. The first kappa shape index (κ1) is 21.1. The Kier molecular flexibility index (Phi) is 6.25. The van der Waals surface area contributed by atoms with E-state index in [-0.39, 0.29) is 11.6 Å². The predicted molar refractivity (Wildman–Crippen MR) is 125 cm³/mol. The van der Waals surface area contributed by atoms with Crippen molar-refractivity contribution in [3.8, 4) is 17.0 Å². The molecule has 2 atom stereocenters. The zero-order valence-corrected chi connectivity index (χ0v) is 19.1. The lowest BCUT2D eigenvalue weighted by atomic mass is 10.1. The van der Waals surface area contributed by atoms with Gasteiger partial charge in [-0.05, 0) is 82.7 Å². The number of ether oxygens (including phenoxy) is 1. The highest BCUT2D eigenvalue weighted by molar-refractivity contribution is 7.17. The van der Waals surface area contributed by atoms with E-state index in [1.165, 1.54) is 12.8 Å². The number of hydrogen-bond donors (Lipinski definition) is 0. The molecule has 1 aliphatic rings. The van der Waals surface area contributed by atoms with Gasteiger partial charge in [-0.15, -0.1) is 11.3 Å². The van der Waals surface area contributed by atoms with Gasteiger partial charge in [-0.3, -0.25) is 9.69 Å².